The Morgan fingerprint density at radius 3 is 3.05 bits per heavy atom. The normalized spacial score (nSPS) is 31.3. The summed E-state index contributed by atoms with van der Waals surface area (Å²) in [6.07, 6.45) is -0.280. The second-order valence-electron chi connectivity index (χ2n) is 4.42. The number of aliphatic imine (C=N–C) groups is 1. The zero-order chi connectivity index (χ0) is 18.4. The molecular formula is C12H17N3O4S. The van der Waals surface area contributed by atoms with E-state index in [2.05, 4.69) is 4.99 Å². The molecule has 4 N–H and O–H groups in total. The van der Waals surface area contributed by atoms with E-state index in [1.54, 1.807) is 0 Å². The van der Waals surface area contributed by atoms with Crippen molar-refractivity contribution in [1.29, 1.82) is 0 Å². The van der Waals surface area contributed by atoms with Crippen molar-refractivity contribution in [2.24, 2.45) is 16.6 Å². The Balaban J connectivity index is 2.33. The molecule has 0 aliphatic carbocycles. The van der Waals surface area contributed by atoms with E-state index >= 15 is 0 Å². The highest BCUT2D eigenvalue weighted by Crippen LogP contribution is 2.46. The summed E-state index contributed by atoms with van der Waals surface area (Å²) in [6.45, 7) is -1.26. The summed E-state index contributed by atoms with van der Waals surface area (Å²) in [4.78, 5) is 27.9. The molecule has 2 aliphatic rings. The number of carboxylic acid groups (broad SMARTS) is 1. The molecule has 1 fully saturated rings. The maximum atomic E-state index is 12.1. The molecule has 110 valence electrons. The number of hydrogen-bond donors (Lipinski definition) is 3. The maximum absolute atomic E-state index is 12.1. The van der Waals surface area contributed by atoms with E-state index < -0.39 is 42.1 Å². The van der Waals surface area contributed by atoms with E-state index in [-0.39, 0.29) is 17.0 Å². The minimum Gasteiger partial charge on any atom is -0.477 e. The lowest BCUT2D eigenvalue weighted by Crippen LogP contribution is -2.61. The minimum atomic E-state index is -2.69. The Labute approximate surface area is 126 Å². The number of aliphatic carboxylic acids is 1. The smallest absolute Gasteiger partial charge is 0.353 e. The summed E-state index contributed by atoms with van der Waals surface area (Å²) in [5.74, 6) is -2.69. The number of β-lactam (4-membered cyclic amide) rings is 1. The molecule has 2 aliphatic heterocycles. The van der Waals surface area contributed by atoms with Crippen LogP contribution >= 0.6 is 11.8 Å². The summed E-state index contributed by atoms with van der Waals surface area (Å²) in [6, 6.07) is -0.564. The highest BCUT2D eigenvalue weighted by Gasteiger charge is 2.56. The van der Waals surface area contributed by atoms with Crippen molar-refractivity contribution in [2.75, 3.05) is 12.2 Å². The standard InChI is InChI=1S/C12H17N3O4S/c1-6(16)9-7-4-8(20-3-2-14-5-13)10(12(18)19)15(7)11(9)17/h5-7,9,16H,2-4H2,1H3,(H2,13,14)(H,18,19)/t6-,7-,9-/m1/s1/i2D2,3D2. The third kappa shape index (κ3) is 2.40. The number of carboxylic acids is 1. The lowest BCUT2D eigenvalue weighted by Gasteiger charge is -2.44. The molecule has 0 bridgehead atoms. The Hall–Kier alpha value is -1.54. The van der Waals surface area contributed by atoms with Gasteiger partial charge in [-0.1, -0.05) is 0 Å². The van der Waals surface area contributed by atoms with Crippen molar-refractivity contribution >= 4 is 30.0 Å². The Kier molecular flexibility index (Phi) is 2.99. The molecule has 0 aromatic rings. The first-order valence-corrected chi connectivity index (χ1v) is 6.68. The van der Waals surface area contributed by atoms with Crippen molar-refractivity contribution < 1.29 is 25.3 Å². The summed E-state index contributed by atoms with van der Waals surface area (Å²) in [5, 5.41) is 19.0. The lowest BCUT2D eigenvalue weighted by atomic mass is 9.83. The van der Waals surface area contributed by atoms with E-state index in [1.165, 1.54) is 6.92 Å². The second-order valence-corrected chi connectivity index (χ2v) is 5.32. The van der Waals surface area contributed by atoms with Crippen LogP contribution in [0.15, 0.2) is 15.6 Å². The van der Waals surface area contributed by atoms with Crippen LogP contribution in [0.5, 0.6) is 0 Å². The van der Waals surface area contributed by atoms with E-state index in [0.29, 0.717) is 18.1 Å². The molecule has 0 aromatic carbocycles. The molecule has 1 saturated heterocycles. The van der Waals surface area contributed by atoms with Gasteiger partial charge in [0.2, 0.25) is 5.91 Å². The van der Waals surface area contributed by atoms with Crippen LogP contribution < -0.4 is 5.73 Å². The van der Waals surface area contributed by atoms with Gasteiger partial charge in [-0.2, -0.15) is 0 Å². The van der Waals surface area contributed by atoms with Crippen LogP contribution in [0.3, 0.4) is 0 Å². The number of nitrogens with zero attached hydrogens (tertiary/aromatic N) is 2. The molecule has 3 atom stereocenters. The van der Waals surface area contributed by atoms with Crippen LogP contribution in [0.1, 0.15) is 18.8 Å². The molecular weight excluding hydrogens is 282 g/mol. The molecule has 2 rings (SSSR count). The van der Waals surface area contributed by atoms with E-state index in [9.17, 15) is 19.8 Å². The van der Waals surface area contributed by atoms with Gasteiger partial charge in [-0.05, 0) is 6.92 Å². The predicted molar refractivity (Wildman–Crippen MR) is 75.1 cm³/mol. The summed E-state index contributed by atoms with van der Waals surface area (Å²) in [7, 11) is 0. The quantitative estimate of drug-likeness (QED) is 0.350. The number of nitrogens with two attached hydrogens (primary N) is 1. The number of thioether (sulfide) groups is 1. The Bertz CT molecular complexity index is 638. The molecule has 0 spiro atoms. The van der Waals surface area contributed by atoms with Crippen molar-refractivity contribution in [2.45, 2.75) is 25.5 Å². The van der Waals surface area contributed by atoms with Crippen molar-refractivity contribution in [3.8, 4) is 0 Å². The predicted octanol–water partition coefficient (Wildman–Crippen LogP) is -0.386. The lowest BCUT2D eigenvalue weighted by molar-refractivity contribution is -0.161. The topological polar surface area (TPSA) is 116 Å². The van der Waals surface area contributed by atoms with E-state index in [0.717, 1.165) is 4.90 Å². The van der Waals surface area contributed by atoms with Gasteiger partial charge in [0.1, 0.15) is 5.70 Å². The molecule has 8 heteroatoms. The Morgan fingerprint density at radius 2 is 2.50 bits per heavy atom. The summed E-state index contributed by atoms with van der Waals surface area (Å²) in [5.41, 5.74) is 2.05. The first-order chi connectivity index (χ1) is 10.9. The SMILES string of the molecule is [2H]C([2H])(N=CN)C([2H])([2H])SC1=C(C(=O)O)N2C(=O)[C@H]([C@@H](C)O)[C@H]2C1. The van der Waals surface area contributed by atoms with Crippen LogP contribution in [0, 0.1) is 5.92 Å². The van der Waals surface area contributed by atoms with Gasteiger partial charge >= 0.3 is 5.97 Å². The number of aliphatic hydroxyl groups is 1. The van der Waals surface area contributed by atoms with Crippen molar-refractivity contribution in [1.82, 2.24) is 4.90 Å². The van der Waals surface area contributed by atoms with Gasteiger partial charge in [0.05, 0.1) is 33.6 Å². The molecule has 0 saturated carbocycles. The van der Waals surface area contributed by atoms with Crippen LogP contribution in [-0.2, 0) is 9.59 Å². The van der Waals surface area contributed by atoms with Crippen molar-refractivity contribution in [3.63, 3.8) is 0 Å². The van der Waals surface area contributed by atoms with E-state index in [4.69, 9.17) is 11.2 Å². The van der Waals surface area contributed by atoms with E-state index in [1.807, 2.05) is 0 Å². The summed E-state index contributed by atoms with van der Waals surface area (Å²) < 4.78 is 31.0. The average molecular weight is 303 g/mol. The fraction of sp³-hybridized carbons (Fsp3) is 0.583. The monoisotopic (exact) mass is 303 g/mol. The van der Waals surface area contributed by atoms with Gasteiger partial charge in [0.15, 0.2) is 0 Å². The highest BCUT2D eigenvalue weighted by molar-refractivity contribution is 8.03. The highest BCUT2D eigenvalue weighted by atomic mass is 32.2. The van der Waals surface area contributed by atoms with Gasteiger partial charge in [-0.3, -0.25) is 9.79 Å². The molecule has 2 heterocycles. The third-order valence-corrected chi connectivity index (χ3v) is 4.05. The minimum absolute atomic E-state index is 0.0325. The fourth-order valence-corrected chi connectivity index (χ4v) is 3.23. The summed E-state index contributed by atoms with van der Waals surface area (Å²) >= 11 is 0.368. The first-order valence-electron chi connectivity index (χ1n) is 7.86. The zero-order valence-corrected chi connectivity index (χ0v) is 11.4. The molecule has 0 unspecified atom stereocenters. The number of hydrogen-bond acceptors (Lipinski definition) is 5. The number of rotatable bonds is 6. The average Bonchev–Trinajstić information content (AvgIpc) is 2.71. The molecule has 20 heavy (non-hydrogen) atoms. The molecule has 0 radical (unpaired) electrons. The van der Waals surface area contributed by atoms with Gasteiger partial charge in [-0.15, -0.1) is 11.8 Å². The first kappa shape index (κ1) is 10.2. The molecule has 0 aromatic heterocycles. The van der Waals surface area contributed by atoms with Crippen LogP contribution in [-0.4, -0.2) is 57.7 Å². The van der Waals surface area contributed by atoms with Gasteiger partial charge in [-0.25, -0.2) is 4.79 Å². The largest absolute Gasteiger partial charge is 0.477 e. The van der Waals surface area contributed by atoms with Gasteiger partial charge in [0.25, 0.3) is 0 Å². The maximum Gasteiger partial charge on any atom is 0.353 e. The molecule has 7 nitrogen and oxygen atoms in total. The van der Waals surface area contributed by atoms with Gasteiger partial charge in [0, 0.05) is 19.8 Å². The number of carbonyl (C=O) groups excluding carboxylic acids is 1. The van der Waals surface area contributed by atoms with Crippen molar-refractivity contribution in [3.05, 3.63) is 10.6 Å². The van der Waals surface area contributed by atoms with Crippen LogP contribution in [0.4, 0.5) is 0 Å². The number of amides is 1. The van der Waals surface area contributed by atoms with Gasteiger partial charge < -0.3 is 20.8 Å². The number of fused-ring (bicyclic) bond motifs is 1. The number of carbonyl (C=O) groups is 2. The second kappa shape index (κ2) is 5.84. The molecule has 1 amide bonds. The zero-order valence-electron chi connectivity index (χ0n) is 14.6. The van der Waals surface area contributed by atoms with Crippen LogP contribution in [0.2, 0.25) is 0 Å². The fourth-order valence-electron chi connectivity index (χ4n) is 2.47. The third-order valence-electron chi connectivity index (χ3n) is 3.25. The Morgan fingerprint density at radius 1 is 1.80 bits per heavy atom. The van der Waals surface area contributed by atoms with Crippen LogP contribution in [0.25, 0.3) is 0 Å². The number of aliphatic hydroxyl groups excluding tert-OH is 1.